The van der Waals surface area contributed by atoms with E-state index < -0.39 is 0 Å². The molecule has 7 heteroatoms. The van der Waals surface area contributed by atoms with Crippen LogP contribution in [0.4, 0.5) is 10.5 Å². The standard InChI is InChI=1S/C28H25N5O2/c1-19(8-7-13-29-2)22-15-24-25(18-31-27(24)30-17-22)26(34)21-11-6-12-23(14-21)33-28(35)32-16-20-9-4-3-5-10-20/h3-15,17-18H,2,16H2,1H3,(H,30,31)(H2,32,33,35)/b13-7-,19-8+. The number of ketones is 1. The number of aliphatic imine (C=N–C) groups is 1. The first kappa shape index (κ1) is 23.4. The maximum atomic E-state index is 13.3. The molecule has 2 amide bonds. The highest BCUT2D eigenvalue weighted by molar-refractivity contribution is 6.16. The van der Waals surface area contributed by atoms with E-state index in [2.05, 4.69) is 32.3 Å². The number of aromatic amines is 1. The van der Waals surface area contributed by atoms with Crippen molar-refractivity contribution in [3.8, 4) is 0 Å². The highest BCUT2D eigenvalue weighted by Gasteiger charge is 2.16. The van der Waals surface area contributed by atoms with Gasteiger partial charge in [0.15, 0.2) is 5.78 Å². The van der Waals surface area contributed by atoms with Crippen LogP contribution in [0, 0.1) is 0 Å². The van der Waals surface area contributed by atoms with Gasteiger partial charge in [0.1, 0.15) is 5.65 Å². The number of rotatable bonds is 8. The molecule has 35 heavy (non-hydrogen) atoms. The van der Waals surface area contributed by atoms with Crippen molar-refractivity contribution in [3.05, 3.63) is 114 Å². The van der Waals surface area contributed by atoms with Crippen molar-refractivity contribution in [3.63, 3.8) is 0 Å². The van der Waals surface area contributed by atoms with Crippen LogP contribution in [0.2, 0.25) is 0 Å². The number of amides is 2. The average molecular weight is 464 g/mol. The Kier molecular flexibility index (Phi) is 7.28. The van der Waals surface area contributed by atoms with Crippen molar-refractivity contribution in [1.82, 2.24) is 15.3 Å². The zero-order valence-corrected chi connectivity index (χ0v) is 19.3. The van der Waals surface area contributed by atoms with Crippen LogP contribution in [0.3, 0.4) is 0 Å². The van der Waals surface area contributed by atoms with Crippen LogP contribution in [0.15, 0.2) is 96.4 Å². The van der Waals surface area contributed by atoms with E-state index in [0.717, 1.165) is 22.1 Å². The van der Waals surface area contributed by atoms with Crippen LogP contribution < -0.4 is 10.6 Å². The van der Waals surface area contributed by atoms with Crippen molar-refractivity contribution in [2.75, 3.05) is 5.32 Å². The van der Waals surface area contributed by atoms with Gasteiger partial charge in [-0.15, -0.1) is 0 Å². The minimum Gasteiger partial charge on any atom is -0.345 e. The van der Waals surface area contributed by atoms with Crippen molar-refractivity contribution in [1.29, 1.82) is 0 Å². The zero-order valence-electron chi connectivity index (χ0n) is 19.3. The summed E-state index contributed by atoms with van der Waals surface area (Å²) in [6.07, 6.45) is 8.72. The summed E-state index contributed by atoms with van der Waals surface area (Å²) < 4.78 is 0. The van der Waals surface area contributed by atoms with Crippen LogP contribution in [-0.2, 0) is 6.54 Å². The quantitative estimate of drug-likeness (QED) is 0.177. The highest BCUT2D eigenvalue weighted by Crippen LogP contribution is 2.25. The van der Waals surface area contributed by atoms with Gasteiger partial charge in [0, 0.05) is 47.3 Å². The molecule has 174 valence electrons. The smallest absolute Gasteiger partial charge is 0.319 e. The number of hydrogen-bond acceptors (Lipinski definition) is 4. The monoisotopic (exact) mass is 463 g/mol. The van der Waals surface area contributed by atoms with Crippen molar-refractivity contribution < 1.29 is 9.59 Å². The summed E-state index contributed by atoms with van der Waals surface area (Å²) >= 11 is 0. The molecule has 0 unspecified atom stereocenters. The second-order valence-electron chi connectivity index (χ2n) is 7.90. The van der Waals surface area contributed by atoms with Crippen LogP contribution in [0.5, 0.6) is 0 Å². The Morgan fingerprint density at radius 1 is 1.09 bits per heavy atom. The number of anilines is 1. The van der Waals surface area contributed by atoms with E-state index in [1.807, 2.05) is 49.4 Å². The number of carbonyl (C=O) groups is 2. The molecule has 0 bridgehead atoms. The number of benzene rings is 2. The molecule has 0 aliphatic heterocycles. The van der Waals surface area contributed by atoms with Crippen molar-refractivity contribution >= 4 is 40.8 Å². The molecule has 0 radical (unpaired) electrons. The number of urea groups is 1. The van der Waals surface area contributed by atoms with E-state index in [9.17, 15) is 9.59 Å². The normalized spacial score (nSPS) is 11.5. The van der Waals surface area contributed by atoms with Crippen LogP contribution in [-0.4, -0.2) is 28.5 Å². The minimum atomic E-state index is -0.345. The van der Waals surface area contributed by atoms with E-state index in [-0.39, 0.29) is 11.8 Å². The molecular formula is C28H25N5O2. The van der Waals surface area contributed by atoms with Gasteiger partial charge in [0.05, 0.1) is 0 Å². The number of hydrogen-bond donors (Lipinski definition) is 3. The van der Waals surface area contributed by atoms with Gasteiger partial charge in [-0.1, -0.05) is 48.5 Å². The number of aromatic nitrogens is 2. The van der Waals surface area contributed by atoms with E-state index in [4.69, 9.17) is 0 Å². The number of carbonyl (C=O) groups excluding carboxylic acids is 2. The van der Waals surface area contributed by atoms with Gasteiger partial charge in [-0.2, -0.15) is 0 Å². The van der Waals surface area contributed by atoms with E-state index in [1.54, 1.807) is 48.9 Å². The molecule has 2 heterocycles. The summed E-state index contributed by atoms with van der Waals surface area (Å²) in [7, 11) is 0. The molecule has 0 aliphatic carbocycles. The SMILES string of the molecule is C=N/C=C\C=C(/C)c1cnc2[nH]cc(C(=O)c3cccc(NC(=O)NCc4ccccc4)c3)c2c1. The maximum Gasteiger partial charge on any atom is 0.319 e. The largest absolute Gasteiger partial charge is 0.345 e. The van der Waals surface area contributed by atoms with Crippen LogP contribution in [0.1, 0.15) is 34.0 Å². The number of allylic oxidation sites excluding steroid dienone is 3. The first-order chi connectivity index (χ1) is 17.0. The second-order valence-corrected chi connectivity index (χ2v) is 7.90. The second kappa shape index (κ2) is 10.9. The minimum absolute atomic E-state index is 0.166. The third-order valence-electron chi connectivity index (χ3n) is 5.45. The fourth-order valence-corrected chi connectivity index (χ4v) is 3.60. The first-order valence-electron chi connectivity index (χ1n) is 11.1. The van der Waals surface area contributed by atoms with Crippen molar-refractivity contribution in [2.45, 2.75) is 13.5 Å². The molecule has 2 aromatic carbocycles. The molecule has 0 saturated heterocycles. The molecule has 3 N–H and O–H groups in total. The molecule has 4 rings (SSSR count). The van der Waals surface area contributed by atoms with Crippen LogP contribution in [0.25, 0.3) is 16.6 Å². The predicted octanol–water partition coefficient (Wildman–Crippen LogP) is 5.73. The Morgan fingerprint density at radius 2 is 1.91 bits per heavy atom. The third kappa shape index (κ3) is 5.78. The fourth-order valence-electron chi connectivity index (χ4n) is 3.60. The number of nitrogens with one attached hydrogen (secondary N) is 3. The molecule has 0 saturated carbocycles. The lowest BCUT2D eigenvalue weighted by molar-refractivity contribution is 0.104. The summed E-state index contributed by atoms with van der Waals surface area (Å²) in [5.74, 6) is -0.166. The maximum absolute atomic E-state index is 13.3. The number of nitrogens with zero attached hydrogens (tertiary/aromatic N) is 2. The van der Waals surface area contributed by atoms with Gasteiger partial charge in [0.25, 0.3) is 0 Å². The lowest BCUT2D eigenvalue weighted by Crippen LogP contribution is -2.28. The van der Waals surface area contributed by atoms with Gasteiger partial charge in [0.2, 0.25) is 0 Å². The van der Waals surface area contributed by atoms with Gasteiger partial charge < -0.3 is 15.6 Å². The summed E-state index contributed by atoms with van der Waals surface area (Å²) in [4.78, 5) is 36.9. The summed E-state index contributed by atoms with van der Waals surface area (Å²) in [6.45, 7) is 5.79. The molecule has 0 atom stereocenters. The summed E-state index contributed by atoms with van der Waals surface area (Å²) in [6, 6.07) is 18.1. The molecule has 0 aliphatic rings. The molecule has 0 fully saturated rings. The number of pyridine rings is 1. The molecule has 7 nitrogen and oxygen atoms in total. The Labute approximate surface area is 203 Å². The van der Waals surface area contributed by atoms with E-state index in [0.29, 0.717) is 29.0 Å². The van der Waals surface area contributed by atoms with E-state index in [1.165, 1.54) is 0 Å². The van der Waals surface area contributed by atoms with Gasteiger partial charge in [-0.25, -0.2) is 9.78 Å². The zero-order chi connectivity index (χ0) is 24.6. The Hall–Kier alpha value is -4.78. The molecule has 0 spiro atoms. The topological polar surface area (TPSA) is 99.2 Å². The summed E-state index contributed by atoms with van der Waals surface area (Å²) in [5.41, 5.74) is 5.00. The molecule has 4 aromatic rings. The Balaban J connectivity index is 1.51. The number of fused-ring (bicyclic) bond motifs is 1. The van der Waals surface area contributed by atoms with Crippen LogP contribution >= 0.6 is 0 Å². The lowest BCUT2D eigenvalue weighted by atomic mass is 10.0. The van der Waals surface area contributed by atoms with E-state index >= 15 is 0 Å². The summed E-state index contributed by atoms with van der Waals surface area (Å²) in [5, 5.41) is 6.33. The Bertz CT molecular complexity index is 1430. The third-order valence-corrected chi connectivity index (χ3v) is 5.45. The van der Waals surface area contributed by atoms with Gasteiger partial charge >= 0.3 is 6.03 Å². The average Bonchev–Trinajstić information content (AvgIpc) is 3.31. The fraction of sp³-hybridized carbons (Fsp3) is 0.0714. The first-order valence-corrected chi connectivity index (χ1v) is 11.1. The lowest BCUT2D eigenvalue weighted by Gasteiger charge is -2.09. The Morgan fingerprint density at radius 3 is 2.71 bits per heavy atom. The highest BCUT2D eigenvalue weighted by atomic mass is 16.2. The van der Waals surface area contributed by atoms with Crippen molar-refractivity contribution in [2.24, 2.45) is 4.99 Å². The molecular weight excluding hydrogens is 438 g/mol. The predicted molar refractivity (Wildman–Crippen MR) is 141 cm³/mol. The van der Waals surface area contributed by atoms with Gasteiger partial charge in [-0.05, 0) is 54.6 Å². The number of H-pyrrole nitrogens is 1. The van der Waals surface area contributed by atoms with Gasteiger partial charge in [-0.3, -0.25) is 9.79 Å². The molecule has 2 aromatic heterocycles.